The number of carbonyl (C=O) groups excluding carboxylic acids is 2. The maximum absolute atomic E-state index is 14.0. The van der Waals surface area contributed by atoms with Gasteiger partial charge in [-0.2, -0.15) is 14.6 Å². The molecule has 3 fully saturated rings. The lowest BCUT2D eigenvalue weighted by Gasteiger charge is -2.38. The van der Waals surface area contributed by atoms with Crippen molar-refractivity contribution < 1.29 is 23.8 Å². The van der Waals surface area contributed by atoms with Gasteiger partial charge in [0, 0.05) is 43.4 Å². The first kappa shape index (κ1) is 25.4. The van der Waals surface area contributed by atoms with Gasteiger partial charge in [0.05, 0.1) is 19.6 Å². The Hall–Kier alpha value is -3.89. The molecule has 3 aromatic rings. The minimum Gasteiger partial charge on any atom is -0.493 e. The summed E-state index contributed by atoms with van der Waals surface area (Å²) in [5, 5.41) is 4.48. The number of amides is 1. The van der Waals surface area contributed by atoms with Gasteiger partial charge in [0.1, 0.15) is 12.1 Å². The molecule has 206 valence electrons. The van der Waals surface area contributed by atoms with Crippen LogP contribution in [0.25, 0.3) is 16.9 Å². The van der Waals surface area contributed by atoms with E-state index in [1.807, 2.05) is 43.9 Å². The van der Waals surface area contributed by atoms with E-state index in [-0.39, 0.29) is 11.9 Å². The zero-order valence-corrected chi connectivity index (χ0v) is 23.1. The number of rotatable bonds is 5. The van der Waals surface area contributed by atoms with Gasteiger partial charge >= 0.3 is 5.97 Å². The van der Waals surface area contributed by atoms with Crippen LogP contribution in [0.5, 0.6) is 11.5 Å². The standard InChI is InChI=1S/C28H34N6O5/c1-26(2)27(3)9-10-28(26,39-24(27)36)23(35)33-12-6-11-32(13-14-33)22-19(16-29-25-30-17-31-34(22)25)18-7-8-20(37-4)21(15-18)38-5/h7-8,15-17H,6,9-14H2,1-5H3/t27-,28?/m0/s1. The molecule has 3 aliphatic rings. The van der Waals surface area contributed by atoms with Crippen molar-refractivity contribution in [2.45, 2.75) is 45.6 Å². The monoisotopic (exact) mass is 534 g/mol. The molecule has 0 N–H and O–H groups in total. The number of aromatic nitrogens is 4. The summed E-state index contributed by atoms with van der Waals surface area (Å²) in [7, 11) is 3.21. The van der Waals surface area contributed by atoms with E-state index in [0.29, 0.717) is 56.3 Å². The summed E-state index contributed by atoms with van der Waals surface area (Å²) in [6.07, 6.45) is 5.27. The van der Waals surface area contributed by atoms with Crippen molar-refractivity contribution in [3.05, 3.63) is 30.7 Å². The Balaban J connectivity index is 1.33. The molecule has 2 saturated heterocycles. The summed E-state index contributed by atoms with van der Waals surface area (Å²) in [6, 6.07) is 5.75. The summed E-state index contributed by atoms with van der Waals surface area (Å²) in [4.78, 5) is 39.8. The third kappa shape index (κ3) is 3.44. The highest BCUT2D eigenvalue weighted by atomic mass is 16.6. The normalized spacial score (nSPS) is 26.0. The lowest BCUT2D eigenvalue weighted by atomic mass is 9.66. The fourth-order valence-corrected chi connectivity index (χ4v) is 6.59. The molecule has 1 unspecified atom stereocenters. The van der Waals surface area contributed by atoms with Crippen LogP contribution in [0.4, 0.5) is 5.82 Å². The maximum atomic E-state index is 14.0. The van der Waals surface area contributed by atoms with Gasteiger partial charge in [-0.25, -0.2) is 4.98 Å². The number of ether oxygens (including phenoxy) is 3. The predicted molar refractivity (Wildman–Crippen MR) is 143 cm³/mol. The molecular formula is C28H34N6O5. The number of carbonyl (C=O) groups is 2. The van der Waals surface area contributed by atoms with Crippen molar-refractivity contribution in [2.24, 2.45) is 10.8 Å². The predicted octanol–water partition coefficient (Wildman–Crippen LogP) is 2.97. The fourth-order valence-electron chi connectivity index (χ4n) is 6.59. The molecule has 6 rings (SSSR count). The highest BCUT2D eigenvalue weighted by Crippen LogP contribution is 2.66. The number of benzene rings is 1. The van der Waals surface area contributed by atoms with E-state index in [1.165, 1.54) is 6.33 Å². The van der Waals surface area contributed by atoms with Gasteiger partial charge in [-0.15, -0.1) is 0 Å². The summed E-state index contributed by atoms with van der Waals surface area (Å²) in [5.74, 6) is 2.26. The summed E-state index contributed by atoms with van der Waals surface area (Å²) in [5.41, 5.74) is -0.545. The zero-order valence-electron chi connectivity index (χ0n) is 23.1. The Kier molecular flexibility index (Phi) is 5.74. The highest BCUT2D eigenvalue weighted by molar-refractivity contribution is 5.96. The molecule has 2 aromatic heterocycles. The number of anilines is 1. The molecule has 1 amide bonds. The Morgan fingerprint density at radius 3 is 2.49 bits per heavy atom. The molecule has 1 saturated carbocycles. The molecule has 2 atom stereocenters. The molecule has 0 spiro atoms. The van der Waals surface area contributed by atoms with E-state index < -0.39 is 16.4 Å². The van der Waals surface area contributed by atoms with Gasteiger partial charge in [-0.1, -0.05) is 19.9 Å². The van der Waals surface area contributed by atoms with Crippen LogP contribution in [0, 0.1) is 10.8 Å². The molecule has 1 aromatic carbocycles. The van der Waals surface area contributed by atoms with Crippen LogP contribution in [-0.2, 0) is 14.3 Å². The number of nitrogens with zero attached hydrogens (tertiary/aromatic N) is 6. The molecule has 2 bridgehead atoms. The van der Waals surface area contributed by atoms with Crippen molar-refractivity contribution in [1.29, 1.82) is 0 Å². The number of hydrogen-bond donors (Lipinski definition) is 0. The van der Waals surface area contributed by atoms with Crippen LogP contribution in [0.2, 0.25) is 0 Å². The Bertz CT molecular complexity index is 1470. The second kappa shape index (κ2) is 8.82. The van der Waals surface area contributed by atoms with Crippen LogP contribution in [-0.4, -0.2) is 82.4 Å². The second-order valence-electron chi connectivity index (χ2n) is 11.3. The van der Waals surface area contributed by atoms with E-state index in [0.717, 1.165) is 23.4 Å². The fraction of sp³-hybridized carbons (Fsp3) is 0.536. The maximum Gasteiger partial charge on any atom is 0.313 e. The van der Waals surface area contributed by atoms with E-state index in [2.05, 4.69) is 20.0 Å². The smallest absolute Gasteiger partial charge is 0.313 e. The van der Waals surface area contributed by atoms with Gasteiger partial charge in [0.2, 0.25) is 0 Å². The third-order valence-electron chi connectivity index (χ3n) is 9.49. The van der Waals surface area contributed by atoms with E-state index >= 15 is 0 Å². The quantitative estimate of drug-likeness (QED) is 0.456. The summed E-state index contributed by atoms with van der Waals surface area (Å²) in [6.45, 7) is 8.29. The van der Waals surface area contributed by atoms with Crippen molar-refractivity contribution in [1.82, 2.24) is 24.5 Å². The van der Waals surface area contributed by atoms with Crippen LogP contribution in [0.1, 0.15) is 40.0 Å². The van der Waals surface area contributed by atoms with Crippen LogP contribution in [0.3, 0.4) is 0 Å². The van der Waals surface area contributed by atoms with Crippen molar-refractivity contribution in [2.75, 3.05) is 45.3 Å². The minimum atomic E-state index is -1.10. The summed E-state index contributed by atoms with van der Waals surface area (Å²) < 4.78 is 18.6. The van der Waals surface area contributed by atoms with Gasteiger partial charge < -0.3 is 24.0 Å². The SMILES string of the molecule is COc1ccc(-c2cnc3ncnn3c2N2CCCN(C(=O)C34CC[C@@](C)(C(=O)O3)C4(C)C)CC2)cc1OC. The Morgan fingerprint density at radius 1 is 1.00 bits per heavy atom. The van der Waals surface area contributed by atoms with Gasteiger partial charge in [0.15, 0.2) is 17.1 Å². The lowest BCUT2D eigenvalue weighted by Crippen LogP contribution is -2.55. The van der Waals surface area contributed by atoms with Crippen molar-refractivity contribution >= 4 is 23.5 Å². The average Bonchev–Trinajstić information content (AvgIpc) is 3.44. The first-order chi connectivity index (χ1) is 18.7. The molecule has 39 heavy (non-hydrogen) atoms. The average molecular weight is 535 g/mol. The highest BCUT2D eigenvalue weighted by Gasteiger charge is 2.76. The van der Waals surface area contributed by atoms with Crippen LogP contribution < -0.4 is 14.4 Å². The summed E-state index contributed by atoms with van der Waals surface area (Å²) >= 11 is 0. The van der Waals surface area contributed by atoms with Gasteiger partial charge in [-0.05, 0) is 43.9 Å². The van der Waals surface area contributed by atoms with Gasteiger partial charge in [0.25, 0.3) is 11.7 Å². The first-order valence-corrected chi connectivity index (χ1v) is 13.4. The molecule has 0 radical (unpaired) electrons. The molecule has 2 aliphatic heterocycles. The molecular weight excluding hydrogens is 500 g/mol. The van der Waals surface area contributed by atoms with Crippen LogP contribution >= 0.6 is 0 Å². The van der Waals surface area contributed by atoms with E-state index in [9.17, 15) is 9.59 Å². The molecule has 4 heterocycles. The van der Waals surface area contributed by atoms with Crippen molar-refractivity contribution in [3.8, 4) is 22.6 Å². The number of methoxy groups -OCH3 is 2. The zero-order chi connectivity index (χ0) is 27.6. The number of esters is 1. The number of fused-ring (bicyclic) bond motifs is 3. The first-order valence-electron chi connectivity index (χ1n) is 13.4. The Labute approximate surface area is 227 Å². The largest absolute Gasteiger partial charge is 0.493 e. The Morgan fingerprint density at radius 2 is 1.79 bits per heavy atom. The van der Waals surface area contributed by atoms with E-state index in [4.69, 9.17) is 14.2 Å². The molecule has 11 heteroatoms. The van der Waals surface area contributed by atoms with Gasteiger partial charge in [-0.3, -0.25) is 9.59 Å². The lowest BCUT2D eigenvalue weighted by molar-refractivity contribution is -0.173. The number of hydrogen-bond acceptors (Lipinski definition) is 9. The van der Waals surface area contributed by atoms with E-state index in [1.54, 1.807) is 24.9 Å². The van der Waals surface area contributed by atoms with Crippen LogP contribution in [0.15, 0.2) is 30.7 Å². The second-order valence-corrected chi connectivity index (χ2v) is 11.3. The molecule has 1 aliphatic carbocycles. The third-order valence-corrected chi connectivity index (χ3v) is 9.49. The minimum absolute atomic E-state index is 0.0790. The molecule has 11 nitrogen and oxygen atoms in total. The van der Waals surface area contributed by atoms with Crippen molar-refractivity contribution in [3.63, 3.8) is 0 Å². The topological polar surface area (TPSA) is 111 Å².